The molecule has 2 amide bonds. The molecule has 1 saturated carbocycles. The summed E-state index contributed by atoms with van der Waals surface area (Å²) in [7, 11) is 0. The minimum absolute atomic E-state index is 0.0718. The molecule has 154 valence electrons. The molecule has 6 heteroatoms. The molecule has 6 nitrogen and oxygen atoms in total. The maximum absolute atomic E-state index is 12.5. The molecule has 3 N–H and O–H groups in total. The molecule has 2 aliphatic rings. The van der Waals surface area contributed by atoms with Gasteiger partial charge in [-0.25, -0.2) is 0 Å². The van der Waals surface area contributed by atoms with Gasteiger partial charge in [0.25, 0.3) is 0 Å². The van der Waals surface area contributed by atoms with E-state index < -0.39 is 11.6 Å². The summed E-state index contributed by atoms with van der Waals surface area (Å²) in [4.78, 5) is 26.9. The standard InChI is InChI=1S/C22H33N3O3/c26-20(24-17-22(28)11-5-2-6-12-22)16-19-21(27)23-13-15-25(19)14-7-10-18-8-3-1-4-9-18/h1,3-4,8-9,19,28H,2,5-7,10-17H2,(H,23,27)(H,24,26). The van der Waals surface area contributed by atoms with Gasteiger partial charge in [0, 0.05) is 19.6 Å². The highest BCUT2D eigenvalue weighted by Crippen LogP contribution is 2.27. The molecule has 3 rings (SSSR count). The van der Waals surface area contributed by atoms with E-state index in [1.807, 2.05) is 18.2 Å². The Morgan fingerprint density at radius 3 is 2.71 bits per heavy atom. The lowest BCUT2D eigenvalue weighted by Gasteiger charge is -2.35. The van der Waals surface area contributed by atoms with E-state index in [4.69, 9.17) is 0 Å². The molecule has 1 heterocycles. The Bertz CT molecular complexity index is 644. The summed E-state index contributed by atoms with van der Waals surface area (Å²) in [5.74, 6) is -0.230. The maximum Gasteiger partial charge on any atom is 0.237 e. The normalized spacial score (nSPS) is 22.5. The quantitative estimate of drug-likeness (QED) is 0.633. The highest BCUT2D eigenvalue weighted by molar-refractivity contribution is 5.88. The third kappa shape index (κ3) is 6.04. The molecule has 2 fully saturated rings. The fourth-order valence-corrected chi connectivity index (χ4v) is 4.28. The van der Waals surface area contributed by atoms with Crippen LogP contribution in [-0.4, -0.2) is 59.6 Å². The van der Waals surface area contributed by atoms with E-state index in [1.54, 1.807) is 0 Å². The van der Waals surface area contributed by atoms with Crippen molar-refractivity contribution in [2.45, 2.75) is 63.0 Å². The average Bonchev–Trinajstić information content (AvgIpc) is 2.70. The fourth-order valence-electron chi connectivity index (χ4n) is 4.28. The van der Waals surface area contributed by atoms with Gasteiger partial charge in [0.15, 0.2) is 0 Å². The number of carbonyl (C=O) groups is 2. The number of hydrogen-bond acceptors (Lipinski definition) is 4. The number of benzene rings is 1. The molecule has 28 heavy (non-hydrogen) atoms. The van der Waals surface area contributed by atoms with Gasteiger partial charge in [-0.2, -0.15) is 0 Å². The molecular weight excluding hydrogens is 354 g/mol. The maximum atomic E-state index is 12.5. The zero-order chi connectivity index (χ0) is 19.8. The van der Waals surface area contributed by atoms with Gasteiger partial charge in [-0.1, -0.05) is 49.6 Å². The van der Waals surface area contributed by atoms with Crippen molar-refractivity contribution in [3.8, 4) is 0 Å². The molecule has 0 aromatic heterocycles. The lowest BCUT2D eigenvalue weighted by molar-refractivity contribution is -0.134. The molecule has 1 aliphatic heterocycles. The number of hydrogen-bond donors (Lipinski definition) is 3. The molecule has 1 saturated heterocycles. The minimum atomic E-state index is -0.780. The number of rotatable bonds is 8. The van der Waals surface area contributed by atoms with Crippen LogP contribution >= 0.6 is 0 Å². The second kappa shape index (κ2) is 10.0. The first-order chi connectivity index (χ1) is 13.6. The van der Waals surface area contributed by atoms with Gasteiger partial charge in [0.2, 0.25) is 11.8 Å². The lowest BCUT2D eigenvalue weighted by atomic mass is 9.85. The number of piperazine rings is 1. The number of carbonyl (C=O) groups excluding carboxylic acids is 2. The van der Waals surface area contributed by atoms with Gasteiger partial charge in [0.1, 0.15) is 0 Å². The Labute approximate surface area is 167 Å². The van der Waals surface area contributed by atoms with Crippen molar-refractivity contribution < 1.29 is 14.7 Å². The minimum Gasteiger partial charge on any atom is -0.388 e. The SMILES string of the molecule is O=C(CC1C(=O)NCCN1CCCc1ccccc1)NCC1(O)CCCCC1. The Morgan fingerprint density at radius 2 is 1.96 bits per heavy atom. The molecule has 0 spiro atoms. The number of amides is 2. The Morgan fingerprint density at radius 1 is 1.21 bits per heavy atom. The molecule has 1 aromatic carbocycles. The van der Waals surface area contributed by atoms with Crippen molar-refractivity contribution in [1.82, 2.24) is 15.5 Å². The molecule has 1 aliphatic carbocycles. The summed E-state index contributed by atoms with van der Waals surface area (Å²) in [5.41, 5.74) is 0.511. The second-order valence-corrected chi connectivity index (χ2v) is 8.20. The Hall–Kier alpha value is -1.92. The van der Waals surface area contributed by atoms with Crippen LogP contribution in [0.15, 0.2) is 30.3 Å². The fraction of sp³-hybridized carbons (Fsp3) is 0.636. The Balaban J connectivity index is 1.47. The summed E-state index contributed by atoms with van der Waals surface area (Å²) in [6.07, 6.45) is 6.70. The predicted octanol–water partition coefficient (Wildman–Crippen LogP) is 1.62. The summed E-state index contributed by atoms with van der Waals surface area (Å²) < 4.78 is 0. The van der Waals surface area contributed by atoms with Crippen molar-refractivity contribution in [1.29, 1.82) is 0 Å². The third-order valence-corrected chi connectivity index (χ3v) is 5.97. The first-order valence-corrected chi connectivity index (χ1v) is 10.6. The Kier molecular flexibility index (Phi) is 7.45. The van der Waals surface area contributed by atoms with Crippen LogP contribution in [0.2, 0.25) is 0 Å². The van der Waals surface area contributed by atoms with E-state index in [2.05, 4.69) is 27.7 Å². The molecule has 1 aromatic rings. The van der Waals surface area contributed by atoms with Crippen LogP contribution in [0.5, 0.6) is 0 Å². The van der Waals surface area contributed by atoms with E-state index in [-0.39, 0.29) is 24.8 Å². The molecule has 0 radical (unpaired) electrons. The van der Waals surface area contributed by atoms with E-state index in [0.29, 0.717) is 6.54 Å². The summed E-state index contributed by atoms with van der Waals surface area (Å²) in [6, 6.07) is 9.89. The number of nitrogens with one attached hydrogen (secondary N) is 2. The van der Waals surface area contributed by atoms with Gasteiger partial charge in [-0.05, 0) is 37.8 Å². The zero-order valence-electron chi connectivity index (χ0n) is 16.7. The van der Waals surface area contributed by atoms with Crippen LogP contribution in [0.4, 0.5) is 0 Å². The van der Waals surface area contributed by atoms with Gasteiger partial charge in [0.05, 0.1) is 18.1 Å². The summed E-state index contributed by atoms with van der Waals surface area (Å²) in [5, 5.41) is 16.3. The van der Waals surface area contributed by atoms with E-state index in [9.17, 15) is 14.7 Å². The zero-order valence-corrected chi connectivity index (χ0v) is 16.7. The van der Waals surface area contributed by atoms with Crippen molar-refractivity contribution in [3.63, 3.8) is 0 Å². The van der Waals surface area contributed by atoms with Crippen molar-refractivity contribution in [3.05, 3.63) is 35.9 Å². The van der Waals surface area contributed by atoms with Crippen LogP contribution in [0.3, 0.4) is 0 Å². The van der Waals surface area contributed by atoms with Crippen molar-refractivity contribution >= 4 is 11.8 Å². The van der Waals surface area contributed by atoms with Crippen LogP contribution in [0.25, 0.3) is 0 Å². The number of nitrogens with zero attached hydrogens (tertiary/aromatic N) is 1. The predicted molar refractivity (Wildman–Crippen MR) is 109 cm³/mol. The third-order valence-electron chi connectivity index (χ3n) is 5.97. The van der Waals surface area contributed by atoms with E-state index >= 15 is 0 Å². The van der Waals surface area contributed by atoms with Crippen molar-refractivity contribution in [2.24, 2.45) is 0 Å². The highest BCUT2D eigenvalue weighted by Gasteiger charge is 2.33. The van der Waals surface area contributed by atoms with E-state index in [0.717, 1.165) is 58.0 Å². The van der Waals surface area contributed by atoms with Crippen LogP contribution < -0.4 is 10.6 Å². The average molecular weight is 388 g/mol. The first kappa shape index (κ1) is 20.8. The van der Waals surface area contributed by atoms with Crippen molar-refractivity contribution in [2.75, 3.05) is 26.2 Å². The molecule has 1 unspecified atom stereocenters. The van der Waals surface area contributed by atoms with Crippen LogP contribution in [0.1, 0.15) is 50.5 Å². The molecular formula is C22H33N3O3. The van der Waals surface area contributed by atoms with Gasteiger partial charge < -0.3 is 15.7 Å². The highest BCUT2D eigenvalue weighted by atomic mass is 16.3. The first-order valence-electron chi connectivity index (χ1n) is 10.6. The monoisotopic (exact) mass is 387 g/mol. The molecule has 0 bridgehead atoms. The second-order valence-electron chi connectivity index (χ2n) is 8.20. The lowest BCUT2D eigenvalue weighted by Crippen LogP contribution is -2.57. The largest absolute Gasteiger partial charge is 0.388 e. The summed E-state index contributed by atoms with van der Waals surface area (Å²) >= 11 is 0. The van der Waals surface area contributed by atoms with Gasteiger partial charge >= 0.3 is 0 Å². The van der Waals surface area contributed by atoms with Crippen LogP contribution in [0, 0.1) is 0 Å². The number of aryl methyl sites for hydroxylation is 1. The summed E-state index contributed by atoms with van der Waals surface area (Å²) in [6.45, 7) is 2.48. The molecule has 1 atom stereocenters. The number of aliphatic hydroxyl groups is 1. The van der Waals surface area contributed by atoms with Gasteiger partial charge in [-0.15, -0.1) is 0 Å². The van der Waals surface area contributed by atoms with E-state index in [1.165, 1.54) is 5.56 Å². The smallest absolute Gasteiger partial charge is 0.237 e. The van der Waals surface area contributed by atoms with Crippen LogP contribution in [-0.2, 0) is 16.0 Å². The topological polar surface area (TPSA) is 81.7 Å². The van der Waals surface area contributed by atoms with Gasteiger partial charge in [-0.3, -0.25) is 14.5 Å².